The van der Waals surface area contributed by atoms with Gasteiger partial charge >= 0.3 is 5.91 Å². The molecule has 35 heavy (non-hydrogen) atoms. The number of carbonyl (C=O) groups excluding carboxylic acids is 2. The second-order valence-corrected chi connectivity index (χ2v) is 8.56. The molecule has 1 unspecified atom stereocenters. The van der Waals surface area contributed by atoms with E-state index in [-0.39, 0.29) is 11.3 Å². The van der Waals surface area contributed by atoms with Crippen molar-refractivity contribution >= 4 is 33.9 Å². The molecule has 3 aromatic rings. The van der Waals surface area contributed by atoms with E-state index in [2.05, 4.69) is 4.98 Å². The number of carbonyl (C=O) groups is 2. The molecular formula is C25H22N2O7S. The third-order valence-corrected chi connectivity index (χ3v) is 6.46. The quantitative estimate of drug-likeness (QED) is 0.312. The normalized spacial score (nSPS) is 18.6. The zero-order valence-electron chi connectivity index (χ0n) is 19.0. The Morgan fingerprint density at radius 2 is 1.94 bits per heavy atom. The lowest BCUT2D eigenvalue weighted by Crippen LogP contribution is -2.29. The van der Waals surface area contributed by atoms with Gasteiger partial charge in [0.1, 0.15) is 19.0 Å². The van der Waals surface area contributed by atoms with Crippen LogP contribution in [-0.2, 0) is 9.59 Å². The number of ketones is 1. The molecule has 1 N–H and O–H groups in total. The molecule has 2 aliphatic heterocycles. The molecule has 0 aliphatic carbocycles. The van der Waals surface area contributed by atoms with Crippen LogP contribution in [0.4, 0.5) is 5.13 Å². The van der Waals surface area contributed by atoms with Crippen LogP contribution in [0.25, 0.3) is 5.76 Å². The minimum absolute atomic E-state index is 0.0620. The topological polar surface area (TPSA) is 107 Å². The van der Waals surface area contributed by atoms with Crippen molar-refractivity contribution in [1.82, 2.24) is 4.98 Å². The summed E-state index contributed by atoms with van der Waals surface area (Å²) in [5.41, 5.74) is 0.821. The molecule has 1 atom stereocenters. The first-order valence-corrected chi connectivity index (χ1v) is 11.8. The first-order valence-electron chi connectivity index (χ1n) is 10.9. The smallest absolute Gasteiger partial charge is 0.301 e. The lowest BCUT2D eigenvalue weighted by atomic mass is 9.95. The van der Waals surface area contributed by atoms with Gasteiger partial charge in [-0.15, -0.1) is 11.3 Å². The Morgan fingerprint density at radius 1 is 1.14 bits per heavy atom. The molecule has 1 amide bonds. The maximum atomic E-state index is 13.3. The second kappa shape index (κ2) is 9.30. The number of hydrogen-bond acceptors (Lipinski definition) is 9. The number of aromatic nitrogens is 1. The van der Waals surface area contributed by atoms with Gasteiger partial charge in [0.2, 0.25) is 0 Å². The Labute approximate surface area is 205 Å². The molecule has 0 saturated carbocycles. The van der Waals surface area contributed by atoms with Crippen LogP contribution in [0, 0.1) is 0 Å². The van der Waals surface area contributed by atoms with Crippen molar-refractivity contribution in [3.05, 3.63) is 64.7 Å². The van der Waals surface area contributed by atoms with E-state index in [0.717, 1.165) is 0 Å². The standard InChI is InChI=1S/C25H22N2O7S/c1-3-32-16-6-4-14(12-18(16)31-2)21-20(23(29)24(30)27(21)25-26-8-11-35-25)22(28)15-5-7-17-19(13-15)34-10-9-33-17/h4-8,11-13,21,28H,3,9-10H2,1-2H3/b22-20+. The monoisotopic (exact) mass is 494 g/mol. The van der Waals surface area contributed by atoms with Gasteiger partial charge < -0.3 is 24.1 Å². The fraction of sp³-hybridized carbons (Fsp3) is 0.240. The zero-order chi connectivity index (χ0) is 24.5. The van der Waals surface area contributed by atoms with Crippen molar-refractivity contribution < 1.29 is 33.6 Å². The number of aliphatic hydroxyl groups is 1. The van der Waals surface area contributed by atoms with Gasteiger partial charge in [0.25, 0.3) is 5.78 Å². The van der Waals surface area contributed by atoms with E-state index in [1.54, 1.807) is 48.0 Å². The van der Waals surface area contributed by atoms with Gasteiger partial charge in [-0.25, -0.2) is 4.98 Å². The van der Waals surface area contributed by atoms with E-state index in [1.807, 2.05) is 6.92 Å². The van der Waals surface area contributed by atoms with Crippen molar-refractivity contribution in [2.75, 3.05) is 31.8 Å². The van der Waals surface area contributed by atoms with Gasteiger partial charge in [-0.1, -0.05) is 6.07 Å². The predicted octanol–water partition coefficient (Wildman–Crippen LogP) is 3.95. The number of methoxy groups -OCH3 is 1. The minimum Gasteiger partial charge on any atom is -0.507 e. The Balaban J connectivity index is 1.68. The fourth-order valence-corrected chi connectivity index (χ4v) is 4.82. The summed E-state index contributed by atoms with van der Waals surface area (Å²) in [7, 11) is 1.51. The van der Waals surface area contributed by atoms with Crippen LogP contribution in [-0.4, -0.2) is 48.7 Å². The maximum Gasteiger partial charge on any atom is 0.301 e. The van der Waals surface area contributed by atoms with Gasteiger partial charge in [0.15, 0.2) is 28.1 Å². The number of anilines is 1. The maximum absolute atomic E-state index is 13.3. The van der Waals surface area contributed by atoms with E-state index in [4.69, 9.17) is 18.9 Å². The Kier molecular flexibility index (Phi) is 6.04. The van der Waals surface area contributed by atoms with Crippen LogP contribution >= 0.6 is 11.3 Å². The SMILES string of the molecule is CCOc1ccc(C2/C(=C(\O)c3ccc4c(c3)OCCO4)C(=O)C(=O)N2c2nccs2)cc1OC. The predicted molar refractivity (Wildman–Crippen MR) is 128 cm³/mol. The molecule has 1 saturated heterocycles. The molecule has 2 aliphatic rings. The van der Waals surface area contributed by atoms with Gasteiger partial charge in [-0.2, -0.15) is 0 Å². The molecule has 1 fully saturated rings. The Bertz CT molecular complexity index is 1320. The number of ether oxygens (including phenoxy) is 4. The molecule has 0 spiro atoms. The third kappa shape index (κ3) is 3.95. The number of amides is 1. The molecular weight excluding hydrogens is 472 g/mol. The Hall–Kier alpha value is -4.05. The van der Waals surface area contributed by atoms with Crippen LogP contribution in [0.1, 0.15) is 24.1 Å². The van der Waals surface area contributed by atoms with E-state index in [1.165, 1.54) is 23.3 Å². The van der Waals surface area contributed by atoms with Crippen molar-refractivity contribution in [2.24, 2.45) is 0 Å². The molecule has 0 radical (unpaired) electrons. The molecule has 3 heterocycles. The average Bonchev–Trinajstić information content (AvgIpc) is 3.50. The highest BCUT2D eigenvalue weighted by molar-refractivity contribution is 7.14. The van der Waals surface area contributed by atoms with Crippen molar-refractivity contribution in [3.8, 4) is 23.0 Å². The minimum atomic E-state index is -0.932. The number of hydrogen-bond donors (Lipinski definition) is 1. The van der Waals surface area contributed by atoms with E-state index >= 15 is 0 Å². The summed E-state index contributed by atoms with van der Waals surface area (Å²) in [5, 5.41) is 13.4. The summed E-state index contributed by atoms with van der Waals surface area (Å²) in [6.45, 7) is 3.10. The van der Waals surface area contributed by atoms with Gasteiger partial charge in [0, 0.05) is 17.1 Å². The average molecular weight is 495 g/mol. The first-order chi connectivity index (χ1) is 17.0. The highest BCUT2D eigenvalue weighted by Crippen LogP contribution is 2.45. The molecule has 9 nitrogen and oxygen atoms in total. The summed E-state index contributed by atoms with van der Waals surface area (Å²) in [5.74, 6) is 0.0438. The Morgan fingerprint density at radius 3 is 2.66 bits per heavy atom. The molecule has 1 aromatic heterocycles. The van der Waals surface area contributed by atoms with Crippen LogP contribution in [0.15, 0.2) is 53.5 Å². The van der Waals surface area contributed by atoms with Gasteiger partial charge in [-0.05, 0) is 42.8 Å². The number of benzene rings is 2. The number of thiazole rings is 1. The van der Waals surface area contributed by atoms with Crippen molar-refractivity contribution in [3.63, 3.8) is 0 Å². The number of aliphatic hydroxyl groups excluding tert-OH is 1. The summed E-state index contributed by atoms with van der Waals surface area (Å²) in [6.07, 6.45) is 1.55. The third-order valence-electron chi connectivity index (χ3n) is 5.69. The molecule has 0 bridgehead atoms. The summed E-state index contributed by atoms with van der Waals surface area (Å²) in [6, 6.07) is 9.09. The number of fused-ring (bicyclic) bond motifs is 1. The van der Waals surface area contributed by atoms with Crippen molar-refractivity contribution in [1.29, 1.82) is 0 Å². The lowest BCUT2D eigenvalue weighted by molar-refractivity contribution is -0.132. The van der Waals surface area contributed by atoms with E-state index < -0.39 is 17.7 Å². The second-order valence-electron chi connectivity index (χ2n) is 7.69. The fourth-order valence-electron chi connectivity index (χ4n) is 4.16. The van der Waals surface area contributed by atoms with E-state index in [0.29, 0.717) is 59.1 Å². The summed E-state index contributed by atoms with van der Waals surface area (Å²) >= 11 is 1.22. The van der Waals surface area contributed by atoms with Gasteiger partial charge in [-0.3, -0.25) is 14.5 Å². The molecule has 2 aromatic carbocycles. The first kappa shape index (κ1) is 22.7. The lowest BCUT2D eigenvalue weighted by Gasteiger charge is -2.24. The molecule has 10 heteroatoms. The van der Waals surface area contributed by atoms with Gasteiger partial charge in [0.05, 0.1) is 25.3 Å². The van der Waals surface area contributed by atoms with Crippen molar-refractivity contribution in [2.45, 2.75) is 13.0 Å². The van der Waals surface area contributed by atoms with Crippen LogP contribution in [0.5, 0.6) is 23.0 Å². The highest BCUT2D eigenvalue weighted by atomic mass is 32.1. The number of nitrogens with zero attached hydrogens (tertiary/aromatic N) is 2. The molecule has 180 valence electrons. The van der Waals surface area contributed by atoms with Crippen LogP contribution in [0.2, 0.25) is 0 Å². The number of Topliss-reactive ketones (excluding diaryl/α,β-unsaturated/α-hetero) is 1. The summed E-state index contributed by atoms with van der Waals surface area (Å²) in [4.78, 5) is 32.0. The highest BCUT2D eigenvalue weighted by Gasteiger charge is 2.48. The van der Waals surface area contributed by atoms with Crippen LogP contribution in [0.3, 0.4) is 0 Å². The van der Waals surface area contributed by atoms with Crippen LogP contribution < -0.4 is 23.8 Å². The van der Waals surface area contributed by atoms with E-state index in [9.17, 15) is 14.7 Å². The largest absolute Gasteiger partial charge is 0.507 e. The molecule has 5 rings (SSSR count). The summed E-state index contributed by atoms with van der Waals surface area (Å²) < 4.78 is 22.3. The zero-order valence-corrected chi connectivity index (χ0v) is 19.8. The number of rotatable bonds is 6.